The summed E-state index contributed by atoms with van der Waals surface area (Å²) >= 11 is 11.6. The molecule has 0 aliphatic rings. The number of carbonyl (C=O) groups is 2. The topological polar surface area (TPSA) is 64.0 Å². The van der Waals surface area contributed by atoms with Gasteiger partial charge in [-0.25, -0.2) is 0 Å². The minimum atomic E-state index is -0.912. The van der Waals surface area contributed by atoms with Gasteiger partial charge in [0.15, 0.2) is 5.69 Å². The molecule has 0 spiro atoms. The van der Waals surface area contributed by atoms with Crippen LogP contribution in [-0.2, 0) is 0 Å². The van der Waals surface area contributed by atoms with E-state index in [0.29, 0.717) is 15.4 Å². The number of benzene rings is 1. The molecule has 1 heterocycles. The minimum Gasteiger partial charge on any atom is -0.319 e. The van der Waals surface area contributed by atoms with Gasteiger partial charge in [0.05, 0.1) is 10.7 Å². The number of halogens is 3. The maximum absolute atomic E-state index is 13.3. The number of nitrogens with one attached hydrogen (secondary N) is 1. The summed E-state index contributed by atoms with van der Waals surface area (Å²) in [6.45, 7) is 1.13. The van der Waals surface area contributed by atoms with Gasteiger partial charge in [0, 0.05) is 18.0 Å². The van der Waals surface area contributed by atoms with Gasteiger partial charge in [-0.2, -0.15) is 14.2 Å². The fourth-order valence-electron chi connectivity index (χ4n) is 1.47. The van der Waals surface area contributed by atoms with Crippen LogP contribution in [0.25, 0.3) is 0 Å². The molecule has 1 aromatic carbocycles. The lowest BCUT2D eigenvalue weighted by Crippen LogP contribution is -2.15. The van der Waals surface area contributed by atoms with Crippen LogP contribution in [0.15, 0.2) is 24.3 Å². The number of amides is 1. The van der Waals surface area contributed by atoms with Crippen molar-refractivity contribution in [1.82, 2.24) is 9.78 Å². The van der Waals surface area contributed by atoms with Crippen molar-refractivity contribution in [2.45, 2.75) is 6.92 Å². The average molecular weight is 316 g/mol. The second-order valence-electron chi connectivity index (χ2n) is 3.86. The van der Waals surface area contributed by atoms with E-state index < -0.39 is 17.8 Å². The molecule has 0 unspecified atom stereocenters. The Morgan fingerprint density at radius 2 is 2.00 bits per heavy atom. The van der Waals surface area contributed by atoms with Crippen LogP contribution < -0.4 is 5.32 Å². The van der Waals surface area contributed by atoms with Crippen LogP contribution in [0, 0.1) is 5.95 Å². The van der Waals surface area contributed by atoms with Gasteiger partial charge in [-0.05, 0) is 18.2 Å². The van der Waals surface area contributed by atoms with Crippen molar-refractivity contribution in [2.24, 2.45) is 0 Å². The first-order chi connectivity index (χ1) is 9.38. The highest BCUT2D eigenvalue weighted by Gasteiger charge is 2.17. The molecule has 0 aliphatic heterocycles. The Morgan fingerprint density at radius 3 is 2.55 bits per heavy atom. The van der Waals surface area contributed by atoms with Gasteiger partial charge in [0.1, 0.15) is 0 Å². The summed E-state index contributed by atoms with van der Waals surface area (Å²) in [7, 11) is 0. The SMILES string of the molecule is CC(=O)n1nc(C(=O)Nc2ccc(Cl)cc2Cl)cc1F. The number of rotatable bonds is 2. The zero-order valence-corrected chi connectivity index (χ0v) is 11.7. The summed E-state index contributed by atoms with van der Waals surface area (Å²) < 4.78 is 13.8. The summed E-state index contributed by atoms with van der Waals surface area (Å²) in [6.07, 6.45) is 0. The van der Waals surface area contributed by atoms with E-state index in [9.17, 15) is 14.0 Å². The lowest BCUT2D eigenvalue weighted by Gasteiger charge is -2.05. The van der Waals surface area contributed by atoms with Gasteiger partial charge in [-0.15, -0.1) is 0 Å². The Bertz CT molecular complexity index is 700. The molecule has 0 radical (unpaired) electrons. The molecule has 104 valence electrons. The molecule has 2 aromatic rings. The van der Waals surface area contributed by atoms with Crippen molar-refractivity contribution < 1.29 is 14.0 Å². The quantitative estimate of drug-likeness (QED) is 0.925. The molecule has 0 atom stereocenters. The number of nitrogens with zero attached hydrogens (tertiary/aromatic N) is 2. The number of carbonyl (C=O) groups excluding carboxylic acids is 2. The Labute approximate surface area is 123 Å². The Morgan fingerprint density at radius 1 is 1.30 bits per heavy atom. The first-order valence-electron chi connectivity index (χ1n) is 5.41. The first kappa shape index (κ1) is 14.5. The molecular weight excluding hydrogens is 308 g/mol. The third-order valence-electron chi connectivity index (χ3n) is 2.38. The summed E-state index contributed by atoms with van der Waals surface area (Å²) in [5.41, 5.74) is 0.0718. The van der Waals surface area contributed by atoms with E-state index in [1.807, 2.05) is 0 Å². The number of anilines is 1. The van der Waals surface area contributed by atoms with E-state index in [1.165, 1.54) is 18.2 Å². The summed E-state index contributed by atoms with van der Waals surface area (Å²) in [4.78, 5) is 22.9. The third-order valence-corrected chi connectivity index (χ3v) is 2.92. The third kappa shape index (κ3) is 2.97. The van der Waals surface area contributed by atoms with Crippen molar-refractivity contribution in [3.63, 3.8) is 0 Å². The monoisotopic (exact) mass is 315 g/mol. The van der Waals surface area contributed by atoms with Crippen LogP contribution in [0.2, 0.25) is 10.0 Å². The summed E-state index contributed by atoms with van der Waals surface area (Å²) in [5, 5.41) is 6.66. The second kappa shape index (κ2) is 5.60. The van der Waals surface area contributed by atoms with E-state index in [4.69, 9.17) is 23.2 Å². The molecule has 20 heavy (non-hydrogen) atoms. The normalized spacial score (nSPS) is 10.4. The highest BCUT2D eigenvalue weighted by atomic mass is 35.5. The lowest BCUT2D eigenvalue weighted by molar-refractivity contribution is 0.0905. The molecule has 0 fully saturated rings. The van der Waals surface area contributed by atoms with Crippen molar-refractivity contribution in [3.8, 4) is 0 Å². The number of hydrogen-bond donors (Lipinski definition) is 1. The lowest BCUT2D eigenvalue weighted by atomic mass is 10.3. The summed E-state index contributed by atoms with van der Waals surface area (Å²) in [5.74, 6) is -2.23. The smallest absolute Gasteiger partial charge is 0.276 e. The minimum absolute atomic E-state index is 0.233. The van der Waals surface area contributed by atoms with Gasteiger partial charge in [0.2, 0.25) is 11.9 Å². The standard InChI is InChI=1S/C12H8Cl2FN3O2/c1-6(19)18-11(15)5-10(17-18)12(20)16-9-3-2-7(13)4-8(9)14/h2-5H,1H3,(H,16,20). The maximum atomic E-state index is 13.3. The Kier molecular flexibility index (Phi) is 4.06. The molecular formula is C12H8Cl2FN3O2. The van der Waals surface area contributed by atoms with E-state index in [0.717, 1.165) is 13.0 Å². The maximum Gasteiger partial charge on any atom is 0.276 e. The number of aromatic nitrogens is 2. The number of hydrogen-bond acceptors (Lipinski definition) is 3. The molecule has 1 N–H and O–H groups in total. The fourth-order valence-corrected chi connectivity index (χ4v) is 1.92. The van der Waals surface area contributed by atoms with E-state index in [1.54, 1.807) is 0 Å². The van der Waals surface area contributed by atoms with Crippen LogP contribution in [0.1, 0.15) is 22.2 Å². The molecule has 0 bridgehead atoms. The molecule has 0 saturated heterocycles. The van der Waals surface area contributed by atoms with Gasteiger partial charge in [0.25, 0.3) is 5.91 Å². The molecule has 2 rings (SSSR count). The highest BCUT2D eigenvalue weighted by molar-refractivity contribution is 6.36. The highest BCUT2D eigenvalue weighted by Crippen LogP contribution is 2.25. The van der Waals surface area contributed by atoms with Crippen LogP contribution in [0.3, 0.4) is 0 Å². The van der Waals surface area contributed by atoms with E-state index in [2.05, 4.69) is 10.4 Å². The predicted octanol–water partition coefficient (Wildman–Crippen LogP) is 3.24. The van der Waals surface area contributed by atoms with E-state index in [-0.39, 0.29) is 10.7 Å². The van der Waals surface area contributed by atoms with Crippen molar-refractivity contribution in [2.75, 3.05) is 5.32 Å². The van der Waals surface area contributed by atoms with Gasteiger partial charge in [-0.1, -0.05) is 23.2 Å². The molecule has 5 nitrogen and oxygen atoms in total. The average Bonchev–Trinajstić information content (AvgIpc) is 2.75. The molecule has 1 aromatic heterocycles. The molecule has 8 heteroatoms. The first-order valence-corrected chi connectivity index (χ1v) is 6.17. The molecule has 0 saturated carbocycles. The van der Waals surface area contributed by atoms with Crippen molar-refractivity contribution >= 4 is 40.7 Å². The van der Waals surface area contributed by atoms with Crippen LogP contribution in [-0.4, -0.2) is 21.6 Å². The Balaban J connectivity index is 2.24. The zero-order valence-electron chi connectivity index (χ0n) is 10.2. The van der Waals surface area contributed by atoms with E-state index >= 15 is 0 Å². The largest absolute Gasteiger partial charge is 0.319 e. The fraction of sp³-hybridized carbons (Fsp3) is 0.0833. The van der Waals surface area contributed by atoms with Crippen LogP contribution in [0.4, 0.5) is 10.1 Å². The van der Waals surface area contributed by atoms with Crippen LogP contribution >= 0.6 is 23.2 Å². The van der Waals surface area contributed by atoms with Crippen molar-refractivity contribution in [3.05, 3.63) is 46.0 Å². The molecule has 1 amide bonds. The zero-order chi connectivity index (χ0) is 14.9. The Hall–Kier alpha value is -1.92. The van der Waals surface area contributed by atoms with Crippen LogP contribution in [0.5, 0.6) is 0 Å². The molecule has 0 aliphatic carbocycles. The van der Waals surface area contributed by atoms with Gasteiger partial charge >= 0.3 is 0 Å². The summed E-state index contributed by atoms with van der Waals surface area (Å²) in [6, 6.07) is 5.35. The second-order valence-corrected chi connectivity index (χ2v) is 4.71. The predicted molar refractivity (Wildman–Crippen MR) is 72.9 cm³/mol. The van der Waals surface area contributed by atoms with Crippen molar-refractivity contribution in [1.29, 1.82) is 0 Å². The van der Waals surface area contributed by atoms with Gasteiger partial charge in [-0.3, -0.25) is 9.59 Å². The van der Waals surface area contributed by atoms with Gasteiger partial charge < -0.3 is 5.32 Å².